The number of hydrogen-bond acceptors (Lipinski definition) is 5. The van der Waals surface area contributed by atoms with Gasteiger partial charge in [0.15, 0.2) is 5.65 Å². The summed E-state index contributed by atoms with van der Waals surface area (Å²) in [5.41, 5.74) is 6.95. The minimum Gasteiger partial charge on any atom is -0.322 e. The molecular weight excluding hydrogens is 418 g/mol. The van der Waals surface area contributed by atoms with Gasteiger partial charge < -0.3 is 5.32 Å². The summed E-state index contributed by atoms with van der Waals surface area (Å²) >= 11 is 1.76. The SMILES string of the molecule is Cc1cc2ncc(C(=O)Nc3cc4c(c(-c5cc6ccccc6s5)c3)CN=C4)c(C)n2n1. The number of anilines is 1. The van der Waals surface area contributed by atoms with Gasteiger partial charge >= 0.3 is 0 Å². The van der Waals surface area contributed by atoms with Gasteiger partial charge in [-0.05, 0) is 54.6 Å². The summed E-state index contributed by atoms with van der Waals surface area (Å²) in [7, 11) is 0. The molecule has 0 saturated heterocycles. The smallest absolute Gasteiger partial charge is 0.259 e. The van der Waals surface area contributed by atoms with Crippen molar-refractivity contribution in [3.8, 4) is 10.4 Å². The van der Waals surface area contributed by atoms with Gasteiger partial charge in [0.25, 0.3) is 5.91 Å². The number of thiophene rings is 1. The molecule has 32 heavy (non-hydrogen) atoms. The number of amides is 1. The van der Waals surface area contributed by atoms with Gasteiger partial charge in [0.1, 0.15) is 0 Å². The molecule has 1 amide bonds. The molecule has 1 aliphatic rings. The molecule has 0 bridgehead atoms. The number of rotatable bonds is 3. The van der Waals surface area contributed by atoms with Crippen LogP contribution in [0.5, 0.6) is 0 Å². The molecule has 2 aromatic carbocycles. The standard InChI is InChI=1S/C25H19N5OS/c1-14-7-24-27-13-20(15(2)30(24)29-14)25(31)28-18-8-17-11-26-12-21(17)19(10-18)23-9-16-5-3-4-6-22(16)32-23/h3-11,13H,12H2,1-2H3,(H,28,31). The molecule has 0 spiro atoms. The Morgan fingerprint density at radius 1 is 1.12 bits per heavy atom. The Morgan fingerprint density at radius 2 is 2.00 bits per heavy atom. The molecule has 1 aliphatic heterocycles. The molecule has 0 fully saturated rings. The van der Waals surface area contributed by atoms with Crippen molar-refractivity contribution in [2.45, 2.75) is 20.4 Å². The maximum atomic E-state index is 13.2. The minimum atomic E-state index is -0.206. The minimum absolute atomic E-state index is 0.206. The normalized spacial score (nSPS) is 12.6. The van der Waals surface area contributed by atoms with Gasteiger partial charge in [0.2, 0.25) is 0 Å². The molecule has 6 nitrogen and oxygen atoms in total. The summed E-state index contributed by atoms with van der Waals surface area (Å²) < 4.78 is 2.96. The van der Waals surface area contributed by atoms with Gasteiger partial charge in [-0.15, -0.1) is 11.3 Å². The Kier molecular flexibility index (Phi) is 4.19. The molecule has 0 unspecified atom stereocenters. The van der Waals surface area contributed by atoms with E-state index in [9.17, 15) is 4.79 Å². The largest absolute Gasteiger partial charge is 0.322 e. The van der Waals surface area contributed by atoms with Gasteiger partial charge in [0, 0.05) is 39.3 Å². The van der Waals surface area contributed by atoms with E-state index in [1.165, 1.54) is 20.5 Å². The number of carbonyl (C=O) groups excluding carboxylic acids is 1. The van der Waals surface area contributed by atoms with Crippen LogP contribution in [0.15, 0.2) is 59.7 Å². The Hall–Kier alpha value is -3.84. The highest BCUT2D eigenvalue weighted by Gasteiger charge is 2.19. The van der Waals surface area contributed by atoms with Gasteiger partial charge in [0.05, 0.1) is 23.5 Å². The van der Waals surface area contributed by atoms with Crippen LogP contribution in [0.1, 0.15) is 32.9 Å². The van der Waals surface area contributed by atoms with Crippen molar-refractivity contribution in [3.63, 3.8) is 0 Å². The second kappa shape index (κ2) is 7.10. The van der Waals surface area contributed by atoms with Crippen molar-refractivity contribution < 1.29 is 4.79 Å². The third-order valence-electron chi connectivity index (χ3n) is 5.80. The van der Waals surface area contributed by atoms with Crippen LogP contribution in [0.4, 0.5) is 5.69 Å². The first-order valence-electron chi connectivity index (χ1n) is 10.4. The molecule has 5 aromatic rings. The summed E-state index contributed by atoms with van der Waals surface area (Å²) in [5.74, 6) is -0.206. The molecule has 0 atom stereocenters. The van der Waals surface area contributed by atoms with E-state index in [1.807, 2.05) is 32.2 Å². The van der Waals surface area contributed by atoms with Crippen molar-refractivity contribution in [3.05, 3.63) is 82.8 Å². The van der Waals surface area contributed by atoms with E-state index in [0.29, 0.717) is 12.1 Å². The number of aromatic nitrogens is 3. The molecule has 6 rings (SSSR count). The highest BCUT2D eigenvalue weighted by molar-refractivity contribution is 7.22. The lowest BCUT2D eigenvalue weighted by atomic mass is 10.00. The third-order valence-corrected chi connectivity index (χ3v) is 6.95. The molecule has 0 saturated carbocycles. The first-order chi connectivity index (χ1) is 15.6. The molecule has 156 valence electrons. The average molecular weight is 438 g/mol. The Bertz CT molecular complexity index is 1540. The number of fused-ring (bicyclic) bond motifs is 3. The first-order valence-corrected chi connectivity index (χ1v) is 11.2. The summed E-state index contributed by atoms with van der Waals surface area (Å²) in [6.07, 6.45) is 3.50. The number of benzene rings is 2. The molecule has 3 aromatic heterocycles. The number of hydrogen-bond donors (Lipinski definition) is 1. The van der Waals surface area contributed by atoms with Crippen LogP contribution in [-0.2, 0) is 6.54 Å². The Morgan fingerprint density at radius 3 is 2.88 bits per heavy atom. The first kappa shape index (κ1) is 18.9. The van der Waals surface area contributed by atoms with Gasteiger partial charge in [-0.1, -0.05) is 18.2 Å². The predicted molar refractivity (Wildman–Crippen MR) is 129 cm³/mol. The van der Waals surface area contributed by atoms with E-state index >= 15 is 0 Å². The number of aryl methyl sites for hydroxylation is 2. The van der Waals surface area contributed by atoms with Crippen LogP contribution in [0.2, 0.25) is 0 Å². The zero-order chi connectivity index (χ0) is 21.8. The van der Waals surface area contributed by atoms with Crippen LogP contribution in [0.3, 0.4) is 0 Å². The van der Waals surface area contributed by atoms with E-state index < -0.39 is 0 Å². The fraction of sp³-hybridized carbons (Fsp3) is 0.120. The van der Waals surface area contributed by atoms with Crippen LogP contribution in [-0.4, -0.2) is 26.7 Å². The molecule has 1 N–H and O–H groups in total. The third kappa shape index (κ3) is 3.01. The van der Waals surface area contributed by atoms with E-state index in [4.69, 9.17) is 0 Å². The van der Waals surface area contributed by atoms with Crippen molar-refractivity contribution in [2.24, 2.45) is 4.99 Å². The lowest BCUT2D eigenvalue weighted by molar-refractivity contribution is 0.102. The second-order valence-electron chi connectivity index (χ2n) is 7.98. The second-order valence-corrected chi connectivity index (χ2v) is 9.06. The van der Waals surface area contributed by atoms with Crippen LogP contribution in [0.25, 0.3) is 26.2 Å². The van der Waals surface area contributed by atoms with Crippen molar-refractivity contribution in [2.75, 3.05) is 5.32 Å². The number of aliphatic imine (C=N–C) groups is 1. The molecule has 0 radical (unpaired) electrons. The van der Waals surface area contributed by atoms with Crippen LogP contribution in [0, 0.1) is 13.8 Å². The zero-order valence-corrected chi connectivity index (χ0v) is 18.4. The van der Waals surface area contributed by atoms with Gasteiger partial charge in [-0.25, -0.2) is 9.50 Å². The summed E-state index contributed by atoms with van der Waals surface area (Å²) in [4.78, 5) is 23.2. The summed E-state index contributed by atoms with van der Waals surface area (Å²) in [6, 6.07) is 16.5. The van der Waals surface area contributed by atoms with Gasteiger partial charge in [-0.2, -0.15) is 5.10 Å². The fourth-order valence-electron chi connectivity index (χ4n) is 4.21. The summed E-state index contributed by atoms with van der Waals surface area (Å²) in [5, 5.41) is 8.73. The topological polar surface area (TPSA) is 71.7 Å². The maximum Gasteiger partial charge on any atom is 0.259 e. The van der Waals surface area contributed by atoms with E-state index in [-0.39, 0.29) is 5.91 Å². The number of carbonyl (C=O) groups is 1. The number of nitrogens with zero attached hydrogens (tertiary/aromatic N) is 4. The molecule has 7 heteroatoms. The highest BCUT2D eigenvalue weighted by Crippen LogP contribution is 2.39. The average Bonchev–Trinajstić information content (AvgIpc) is 3.50. The fourth-order valence-corrected chi connectivity index (χ4v) is 5.32. The quantitative estimate of drug-likeness (QED) is 0.410. The lowest BCUT2D eigenvalue weighted by Crippen LogP contribution is -2.16. The van der Waals surface area contributed by atoms with E-state index in [1.54, 1.807) is 22.0 Å². The maximum absolute atomic E-state index is 13.2. The van der Waals surface area contributed by atoms with E-state index in [2.05, 4.69) is 56.8 Å². The number of nitrogens with one attached hydrogen (secondary N) is 1. The van der Waals surface area contributed by atoms with Crippen molar-refractivity contribution in [1.29, 1.82) is 0 Å². The molecule has 4 heterocycles. The Balaban J connectivity index is 1.40. The summed E-state index contributed by atoms with van der Waals surface area (Å²) in [6.45, 7) is 4.45. The molecular formula is C25H19N5OS. The Labute approximate surface area is 188 Å². The predicted octanol–water partition coefficient (Wildman–Crippen LogP) is 5.41. The zero-order valence-electron chi connectivity index (χ0n) is 17.6. The van der Waals surface area contributed by atoms with Crippen LogP contribution >= 0.6 is 11.3 Å². The van der Waals surface area contributed by atoms with Crippen LogP contribution < -0.4 is 5.32 Å². The van der Waals surface area contributed by atoms with Crippen molar-refractivity contribution >= 4 is 44.9 Å². The molecule has 0 aliphatic carbocycles. The highest BCUT2D eigenvalue weighted by atomic mass is 32.1. The lowest BCUT2D eigenvalue weighted by Gasteiger charge is -2.12. The van der Waals surface area contributed by atoms with Crippen molar-refractivity contribution in [1.82, 2.24) is 14.6 Å². The monoisotopic (exact) mass is 437 g/mol. The van der Waals surface area contributed by atoms with E-state index in [0.717, 1.165) is 33.8 Å². The van der Waals surface area contributed by atoms with Gasteiger partial charge in [-0.3, -0.25) is 9.79 Å².